The molecule has 0 aliphatic carbocycles. The largest absolute Gasteiger partial charge is 0.497 e. The van der Waals surface area contributed by atoms with Crippen molar-refractivity contribution in [2.24, 2.45) is 5.11 Å². The van der Waals surface area contributed by atoms with E-state index in [9.17, 15) is 0 Å². The summed E-state index contributed by atoms with van der Waals surface area (Å²) in [5.41, 5.74) is 9.50. The summed E-state index contributed by atoms with van der Waals surface area (Å²) >= 11 is 0. The van der Waals surface area contributed by atoms with Crippen LogP contribution in [0.5, 0.6) is 5.75 Å². The lowest BCUT2D eigenvalue weighted by Gasteiger charge is -2.02. The van der Waals surface area contributed by atoms with Gasteiger partial charge in [0.25, 0.3) is 0 Å². The topological polar surface area (TPSA) is 81.8 Å². The molecular weight excluding hydrogens is 216 g/mol. The van der Waals surface area contributed by atoms with Gasteiger partial charge < -0.3 is 4.74 Å². The van der Waals surface area contributed by atoms with Crippen LogP contribution in [0.3, 0.4) is 0 Å². The molecule has 0 spiro atoms. The summed E-state index contributed by atoms with van der Waals surface area (Å²) in [5.74, 6) is 0.707. The Balaban J connectivity index is 2.81. The summed E-state index contributed by atoms with van der Waals surface area (Å²) in [4.78, 5) is 2.66. The van der Waals surface area contributed by atoms with Crippen molar-refractivity contribution in [3.63, 3.8) is 0 Å². The fourth-order valence-electron chi connectivity index (χ4n) is 1.29. The van der Waals surface area contributed by atoms with Crippen molar-refractivity contribution in [3.8, 4) is 11.8 Å². The minimum Gasteiger partial charge on any atom is -0.497 e. The van der Waals surface area contributed by atoms with Crippen molar-refractivity contribution in [1.29, 1.82) is 5.26 Å². The highest BCUT2D eigenvalue weighted by atomic mass is 16.5. The molecule has 0 heterocycles. The number of hydrogen-bond acceptors (Lipinski definition) is 3. The molecule has 0 radical (unpaired) electrons. The summed E-state index contributed by atoms with van der Waals surface area (Å²) in [7, 11) is 1.58. The number of nitrogens with zero attached hydrogens (tertiary/aromatic N) is 4. The van der Waals surface area contributed by atoms with Crippen molar-refractivity contribution >= 4 is 6.08 Å². The molecule has 0 N–H and O–H groups in total. The average molecular weight is 228 g/mol. The van der Waals surface area contributed by atoms with Gasteiger partial charge in [0.1, 0.15) is 5.75 Å². The summed E-state index contributed by atoms with van der Waals surface area (Å²) in [6.07, 6.45) is 4.34. The van der Waals surface area contributed by atoms with Crippen molar-refractivity contribution < 1.29 is 4.74 Å². The van der Waals surface area contributed by atoms with E-state index in [0.29, 0.717) is 24.3 Å². The van der Waals surface area contributed by atoms with Crippen LogP contribution in [0.1, 0.15) is 17.5 Å². The SMILES string of the molecule is COc1ccc(C#N)c(C=CCCN=[N+]=[N-])c1. The van der Waals surface area contributed by atoms with Crippen molar-refractivity contribution in [2.45, 2.75) is 6.42 Å². The van der Waals surface area contributed by atoms with Gasteiger partial charge in [-0.25, -0.2) is 0 Å². The van der Waals surface area contributed by atoms with Crippen molar-refractivity contribution in [2.75, 3.05) is 13.7 Å². The van der Waals surface area contributed by atoms with Gasteiger partial charge in [0.2, 0.25) is 0 Å². The van der Waals surface area contributed by atoms with Gasteiger partial charge >= 0.3 is 0 Å². The highest BCUT2D eigenvalue weighted by Gasteiger charge is 2.00. The average Bonchev–Trinajstić information content (AvgIpc) is 2.38. The Morgan fingerprint density at radius 1 is 1.59 bits per heavy atom. The second-order valence-corrected chi connectivity index (χ2v) is 3.21. The van der Waals surface area contributed by atoms with Crippen LogP contribution in [0.4, 0.5) is 0 Å². The molecule has 0 amide bonds. The van der Waals surface area contributed by atoms with E-state index < -0.39 is 0 Å². The molecule has 0 fully saturated rings. The van der Waals surface area contributed by atoms with E-state index >= 15 is 0 Å². The lowest BCUT2D eigenvalue weighted by Crippen LogP contribution is -1.87. The van der Waals surface area contributed by atoms with E-state index in [2.05, 4.69) is 16.1 Å². The Bertz CT molecular complexity index is 496. The molecule has 0 aliphatic heterocycles. The Labute approximate surface area is 99.6 Å². The van der Waals surface area contributed by atoms with E-state index in [1.54, 1.807) is 25.3 Å². The highest BCUT2D eigenvalue weighted by molar-refractivity contribution is 5.60. The standard InChI is InChI=1S/C12H12N4O/c1-17-12-6-5-11(9-13)10(8-12)4-2-3-7-15-16-14/h2,4-6,8H,3,7H2,1H3. The van der Waals surface area contributed by atoms with Gasteiger partial charge in [0.05, 0.1) is 18.7 Å². The predicted octanol–water partition coefficient (Wildman–Crippen LogP) is 3.28. The maximum Gasteiger partial charge on any atom is 0.119 e. The number of hydrogen-bond donors (Lipinski definition) is 0. The molecule has 0 aliphatic rings. The van der Waals surface area contributed by atoms with Gasteiger partial charge in [-0.1, -0.05) is 17.3 Å². The maximum absolute atomic E-state index is 8.93. The molecule has 0 unspecified atom stereocenters. The number of methoxy groups -OCH3 is 1. The molecule has 1 rings (SSSR count). The fraction of sp³-hybridized carbons (Fsp3) is 0.250. The van der Waals surface area contributed by atoms with Crippen LogP contribution in [0.15, 0.2) is 29.4 Å². The zero-order valence-electron chi connectivity index (χ0n) is 9.50. The zero-order chi connectivity index (χ0) is 12.5. The monoisotopic (exact) mass is 228 g/mol. The molecule has 0 atom stereocenters. The fourth-order valence-corrected chi connectivity index (χ4v) is 1.29. The molecule has 1 aromatic carbocycles. The van der Waals surface area contributed by atoms with Crippen LogP contribution < -0.4 is 4.74 Å². The molecule has 0 saturated heterocycles. The molecular formula is C12H12N4O. The molecule has 0 bridgehead atoms. The Morgan fingerprint density at radius 3 is 3.06 bits per heavy atom. The quantitative estimate of drug-likeness (QED) is 0.335. The van der Waals surface area contributed by atoms with Crippen molar-refractivity contribution in [3.05, 3.63) is 45.8 Å². The van der Waals surface area contributed by atoms with Crippen LogP contribution in [0.25, 0.3) is 16.5 Å². The first-order valence-corrected chi connectivity index (χ1v) is 5.07. The van der Waals surface area contributed by atoms with E-state index in [4.69, 9.17) is 15.5 Å². The summed E-state index contributed by atoms with van der Waals surface area (Å²) in [5, 5.41) is 12.4. The number of nitriles is 1. The minimum atomic E-state index is 0.416. The van der Waals surface area contributed by atoms with Gasteiger partial charge in [-0.15, -0.1) is 0 Å². The number of azide groups is 1. The summed E-state index contributed by atoms with van der Waals surface area (Å²) in [6.45, 7) is 0.416. The predicted molar refractivity (Wildman–Crippen MR) is 65.4 cm³/mol. The van der Waals surface area contributed by atoms with E-state index in [-0.39, 0.29) is 0 Å². The molecule has 5 nitrogen and oxygen atoms in total. The second-order valence-electron chi connectivity index (χ2n) is 3.21. The van der Waals surface area contributed by atoms with Crippen molar-refractivity contribution in [1.82, 2.24) is 0 Å². The van der Waals surface area contributed by atoms with Crippen LogP contribution in [0, 0.1) is 11.3 Å². The van der Waals surface area contributed by atoms with Crippen LogP contribution in [-0.4, -0.2) is 13.7 Å². The van der Waals surface area contributed by atoms with Crippen LogP contribution >= 0.6 is 0 Å². The summed E-state index contributed by atoms with van der Waals surface area (Å²) < 4.78 is 5.09. The van der Waals surface area contributed by atoms with E-state index in [1.807, 2.05) is 12.2 Å². The first-order valence-electron chi connectivity index (χ1n) is 5.07. The number of ether oxygens (including phenoxy) is 1. The number of rotatable bonds is 5. The first kappa shape index (κ1) is 12.6. The lowest BCUT2D eigenvalue weighted by molar-refractivity contribution is 0.414. The molecule has 0 aromatic heterocycles. The molecule has 17 heavy (non-hydrogen) atoms. The minimum absolute atomic E-state index is 0.416. The van der Waals surface area contributed by atoms with E-state index in [0.717, 1.165) is 5.56 Å². The van der Waals surface area contributed by atoms with Gasteiger partial charge in [0.15, 0.2) is 0 Å². The third-order valence-corrected chi connectivity index (χ3v) is 2.14. The number of benzene rings is 1. The third-order valence-electron chi connectivity index (χ3n) is 2.14. The van der Waals surface area contributed by atoms with Gasteiger partial charge in [-0.2, -0.15) is 5.26 Å². The Hall–Kier alpha value is -2.44. The van der Waals surface area contributed by atoms with E-state index in [1.165, 1.54) is 0 Å². The third kappa shape index (κ3) is 3.90. The van der Waals surface area contributed by atoms with Gasteiger partial charge in [-0.3, -0.25) is 0 Å². The van der Waals surface area contributed by atoms with Gasteiger partial charge in [-0.05, 0) is 35.7 Å². The maximum atomic E-state index is 8.93. The second kappa shape index (κ2) is 6.94. The van der Waals surface area contributed by atoms with Crippen LogP contribution in [0.2, 0.25) is 0 Å². The smallest absolute Gasteiger partial charge is 0.119 e. The van der Waals surface area contributed by atoms with Crippen LogP contribution in [-0.2, 0) is 0 Å². The lowest BCUT2D eigenvalue weighted by atomic mass is 10.1. The first-order chi connectivity index (χ1) is 8.31. The normalized spacial score (nSPS) is 9.65. The Morgan fingerprint density at radius 2 is 2.41 bits per heavy atom. The summed E-state index contributed by atoms with van der Waals surface area (Å²) in [6, 6.07) is 7.36. The molecule has 0 saturated carbocycles. The molecule has 86 valence electrons. The Kier molecular flexibility index (Phi) is 5.15. The molecule has 5 heteroatoms. The zero-order valence-corrected chi connectivity index (χ0v) is 9.50. The molecule has 1 aromatic rings. The van der Waals surface area contributed by atoms with Gasteiger partial charge in [0, 0.05) is 11.5 Å². The highest BCUT2D eigenvalue weighted by Crippen LogP contribution is 2.18.